The molecule has 0 radical (unpaired) electrons. The number of halogens is 1. The van der Waals surface area contributed by atoms with Crippen LogP contribution in [0.3, 0.4) is 0 Å². The summed E-state index contributed by atoms with van der Waals surface area (Å²) >= 11 is 5.94. The predicted molar refractivity (Wildman–Crippen MR) is 89.5 cm³/mol. The van der Waals surface area contributed by atoms with Gasteiger partial charge in [-0.05, 0) is 36.8 Å². The van der Waals surface area contributed by atoms with Crippen molar-refractivity contribution in [1.29, 1.82) is 0 Å². The molecule has 1 aromatic carbocycles. The second-order valence-corrected chi connectivity index (χ2v) is 5.54. The van der Waals surface area contributed by atoms with Gasteiger partial charge in [-0.25, -0.2) is 9.47 Å². The van der Waals surface area contributed by atoms with E-state index in [0.717, 1.165) is 5.56 Å². The van der Waals surface area contributed by atoms with Crippen molar-refractivity contribution in [2.45, 2.75) is 6.92 Å². The molecular weight excluding hydrogens is 316 g/mol. The zero-order valence-corrected chi connectivity index (χ0v) is 13.0. The number of fused-ring (bicyclic) bond motifs is 1. The molecule has 6 heteroatoms. The Labute approximate surface area is 137 Å². The van der Waals surface area contributed by atoms with Crippen molar-refractivity contribution >= 4 is 23.3 Å². The van der Waals surface area contributed by atoms with Gasteiger partial charge < -0.3 is 5.11 Å². The minimum atomic E-state index is -1.25. The molecule has 0 aromatic heterocycles. The number of carbonyl (C=O) groups is 1. The van der Waals surface area contributed by atoms with Gasteiger partial charge in [-0.15, -0.1) is 0 Å². The van der Waals surface area contributed by atoms with Gasteiger partial charge in [0.2, 0.25) is 0 Å². The Morgan fingerprint density at radius 1 is 1.17 bits per heavy atom. The van der Waals surface area contributed by atoms with Crippen LogP contribution in [0.2, 0.25) is 5.02 Å². The molecule has 0 unspecified atom stereocenters. The number of hydrogen-bond donors (Lipinski definition) is 2. The van der Waals surface area contributed by atoms with Crippen molar-refractivity contribution < 1.29 is 9.90 Å². The summed E-state index contributed by atoms with van der Waals surface area (Å²) in [4.78, 5) is 24.0. The fraction of sp³-hybridized carbons (Fsp3) is 0.0588. The highest BCUT2D eigenvalue weighted by atomic mass is 35.5. The number of carboxylic acid groups (broad SMARTS) is 1. The highest BCUT2D eigenvalue weighted by Crippen LogP contribution is 2.25. The maximum absolute atomic E-state index is 12.5. The number of rotatable bonds is 3. The number of hydrogen-bond acceptors (Lipinski definition) is 3. The third kappa shape index (κ3) is 2.66. The first-order valence-corrected chi connectivity index (χ1v) is 7.27. The summed E-state index contributed by atoms with van der Waals surface area (Å²) in [5, 5.41) is 9.95. The monoisotopic (exact) mass is 328 g/mol. The molecule has 0 spiro atoms. The quantitative estimate of drug-likeness (QED) is 0.772. The fourth-order valence-corrected chi connectivity index (χ4v) is 2.70. The van der Waals surface area contributed by atoms with Crippen LogP contribution in [0.25, 0.3) is 11.3 Å². The molecule has 0 fully saturated rings. The predicted octanol–water partition coefficient (Wildman–Crippen LogP) is 3.49. The van der Waals surface area contributed by atoms with Gasteiger partial charge >= 0.3 is 5.97 Å². The summed E-state index contributed by atoms with van der Waals surface area (Å²) in [7, 11) is 0. The van der Waals surface area contributed by atoms with Crippen molar-refractivity contribution in [1.82, 2.24) is 4.68 Å². The summed E-state index contributed by atoms with van der Waals surface area (Å²) in [6.07, 6.45) is 0. The molecule has 5 nitrogen and oxygen atoms in total. The normalized spacial score (nSPS) is 10.7. The molecule has 0 bridgehead atoms. The van der Waals surface area contributed by atoms with Crippen LogP contribution < -0.4 is 11.0 Å². The van der Waals surface area contributed by atoms with Crippen molar-refractivity contribution in [2.75, 3.05) is 5.43 Å². The van der Waals surface area contributed by atoms with Crippen LogP contribution in [0.15, 0.2) is 53.3 Å². The zero-order chi connectivity index (χ0) is 16.6. The number of nitrogens with zero attached hydrogens (tertiary/aromatic N) is 1. The number of aromatic carboxylic acids is 1. The van der Waals surface area contributed by atoms with Gasteiger partial charge in [0.15, 0.2) is 0 Å². The van der Waals surface area contributed by atoms with Gasteiger partial charge in [-0.2, -0.15) is 0 Å². The summed E-state index contributed by atoms with van der Waals surface area (Å²) < 4.78 is 1.25. The van der Waals surface area contributed by atoms with Gasteiger partial charge in [-0.1, -0.05) is 35.9 Å². The first-order chi connectivity index (χ1) is 11.0. The lowest BCUT2D eigenvalue weighted by molar-refractivity contribution is 0.0696. The van der Waals surface area contributed by atoms with E-state index in [2.05, 4.69) is 5.43 Å². The molecule has 0 saturated heterocycles. The van der Waals surface area contributed by atoms with Crippen molar-refractivity contribution in [3.05, 3.63) is 75.0 Å². The standard InChI is InChI=1S/C17H13ClN2O3/c1-10-9-11(18)7-8-13(10)19-20-14-6-4-2-3-5-12(14)15(16(20)21)17(22)23/h2-9,19H,1H3,(H,22,23). The fourth-order valence-electron chi connectivity index (χ4n) is 2.47. The van der Waals surface area contributed by atoms with E-state index in [0.29, 0.717) is 22.0 Å². The molecule has 3 rings (SSSR count). The van der Waals surface area contributed by atoms with E-state index in [4.69, 9.17) is 11.6 Å². The van der Waals surface area contributed by atoms with Gasteiger partial charge in [0.05, 0.1) is 11.4 Å². The molecule has 1 heterocycles. The summed E-state index contributed by atoms with van der Waals surface area (Å²) in [6.45, 7) is 1.85. The lowest BCUT2D eigenvalue weighted by Crippen LogP contribution is -2.26. The molecule has 116 valence electrons. The van der Waals surface area contributed by atoms with Crippen LogP contribution in [-0.2, 0) is 0 Å². The third-order valence-corrected chi connectivity index (χ3v) is 3.81. The van der Waals surface area contributed by atoms with Crippen molar-refractivity contribution in [3.63, 3.8) is 0 Å². The molecule has 2 aliphatic rings. The van der Waals surface area contributed by atoms with Crippen LogP contribution in [0.5, 0.6) is 0 Å². The third-order valence-electron chi connectivity index (χ3n) is 3.58. The van der Waals surface area contributed by atoms with Gasteiger partial charge in [0.1, 0.15) is 5.56 Å². The Kier molecular flexibility index (Phi) is 3.80. The Morgan fingerprint density at radius 3 is 2.61 bits per heavy atom. The molecule has 1 aliphatic heterocycles. The maximum atomic E-state index is 12.5. The van der Waals surface area contributed by atoms with Crippen molar-refractivity contribution in [2.24, 2.45) is 0 Å². The lowest BCUT2D eigenvalue weighted by Gasteiger charge is -2.12. The topological polar surface area (TPSA) is 71.3 Å². The van der Waals surface area contributed by atoms with Crippen LogP contribution >= 0.6 is 11.6 Å². The number of aromatic nitrogens is 1. The second-order valence-electron chi connectivity index (χ2n) is 5.10. The molecule has 0 saturated carbocycles. The number of nitrogens with one attached hydrogen (secondary N) is 1. The Hall–Kier alpha value is -2.79. The smallest absolute Gasteiger partial charge is 0.342 e. The average Bonchev–Trinajstić information content (AvgIpc) is 2.64. The number of benzene rings is 1. The molecular formula is C17H13ClN2O3. The van der Waals surface area contributed by atoms with Crippen LogP contribution in [-0.4, -0.2) is 15.8 Å². The molecule has 0 atom stereocenters. The Morgan fingerprint density at radius 2 is 1.91 bits per heavy atom. The Bertz CT molecular complexity index is 933. The average molecular weight is 329 g/mol. The minimum absolute atomic E-state index is 0.254. The first kappa shape index (κ1) is 15.1. The molecule has 0 amide bonds. The van der Waals surface area contributed by atoms with Crippen molar-refractivity contribution in [3.8, 4) is 11.3 Å². The maximum Gasteiger partial charge on any atom is 0.342 e. The number of aryl methyl sites for hydroxylation is 1. The van der Waals surface area contributed by atoms with E-state index >= 15 is 0 Å². The SMILES string of the molecule is Cc1cc(Cl)ccc1Nn1c2cccccc-2c(C(=O)O)c1=O. The number of carboxylic acids is 1. The van der Waals surface area contributed by atoms with E-state index in [1.807, 2.05) is 6.92 Å². The lowest BCUT2D eigenvalue weighted by atomic mass is 10.1. The van der Waals surface area contributed by atoms with E-state index in [-0.39, 0.29) is 5.56 Å². The van der Waals surface area contributed by atoms with Crippen LogP contribution in [0, 0.1) is 6.92 Å². The molecule has 1 aliphatic carbocycles. The summed E-state index contributed by atoms with van der Waals surface area (Å²) in [5.41, 5.74) is 4.51. The van der Waals surface area contributed by atoms with Gasteiger partial charge in [-0.3, -0.25) is 10.2 Å². The summed E-state index contributed by atoms with van der Waals surface area (Å²) in [5.74, 6) is -1.25. The van der Waals surface area contributed by atoms with E-state index in [1.54, 1.807) is 48.5 Å². The summed E-state index contributed by atoms with van der Waals surface area (Å²) in [6, 6.07) is 13.7. The highest BCUT2D eigenvalue weighted by molar-refractivity contribution is 6.30. The second kappa shape index (κ2) is 5.78. The van der Waals surface area contributed by atoms with Crippen LogP contribution in [0.4, 0.5) is 5.69 Å². The van der Waals surface area contributed by atoms with Gasteiger partial charge in [0, 0.05) is 10.6 Å². The minimum Gasteiger partial charge on any atom is -0.477 e. The van der Waals surface area contributed by atoms with E-state index in [1.165, 1.54) is 4.68 Å². The molecule has 23 heavy (non-hydrogen) atoms. The number of anilines is 1. The van der Waals surface area contributed by atoms with Crippen LogP contribution in [0.1, 0.15) is 15.9 Å². The molecule has 1 aromatic rings. The Balaban J connectivity index is 2.21. The van der Waals surface area contributed by atoms with Gasteiger partial charge in [0.25, 0.3) is 5.56 Å². The largest absolute Gasteiger partial charge is 0.477 e. The first-order valence-electron chi connectivity index (χ1n) is 6.89. The van der Waals surface area contributed by atoms with E-state index < -0.39 is 11.5 Å². The molecule has 2 N–H and O–H groups in total. The van der Waals surface area contributed by atoms with E-state index in [9.17, 15) is 14.7 Å². The zero-order valence-electron chi connectivity index (χ0n) is 12.2. The highest BCUT2D eigenvalue weighted by Gasteiger charge is 2.24.